The van der Waals surface area contributed by atoms with E-state index in [1.165, 1.54) is 0 Å². The molecular formula is C16H24N2O3. The third kappa shape index (κ3) is 9.49. The molecule has 0 amide bonds. The number of nitrogens with two attached hydrogens (primary N) is 1. The second-order valence-electron chi connectivity index (χ2n) is 4.89. The number of aliphatic imine (C=N–C) groups is 1. The first kappa shape index (κ1) is 17.0. The van der Waals surface area contributed by atoms with Crippen molar-refractivity contribution in [2.45, 2.75) is 38.5 Å². The fourth-order valence-corrected chi connectivity index (χ4v) is 1.86. The van der Waals surface area contributed by atoms with E-state index in [1.54, 1.807) is 0 Å². The summed E-state index contributed by atoms with van der Waals surface area (Å²) in [7, 11) is 0. The number of unbranched alkanes of at least 4 members (excludes halogenated alkanes) is 4. The van der Waals surface area contributed by atoms with Crippen molar-refractivity contribution in [3.63, 3.8) is 0 Å². The predicted octanol–water partition coefficient (Wildman–Crippen LogP) is 2.85. The van der Waals surface area contributed by atoms with Crippen molar-refractivity contribution in [1.82, 2.24) is 0 Å². The van der Waals surface area contributed by atoms with Crippen LogP contribution in [0.15, 0.2) is 35.3 Å². The van der Waals surface area contributed by atoms with Crippen LogP contribution in [-0.2, 0) is 4.79 Å². The Balaban J connectivity index is 2.01. The number of ether oxygens (including phenoxy) is 1. The molecule has 0 unspecified atom stereocenters. The Morgan fingerprint density at radius 3 is 2.48 bits per heavy atom. The van der Waals surface area contributed by atoms with Crippen molar-refractivity contribution in [2.75, 3.05) is 13.2 Å². The van der Waals surface area contributed by atoms with Gasteiger partial charge in [0.2, 0.25) is 0 Å². The number of carboxylic acid groups (broad SMARTS) is 1. The van der Waals surface area contributed by atoms with Gasteiger partial charge >= 0.3 is 5.97 Å². The summed E-state index contributed by atoms with van der Waals surface area (Å²) in [6.45, 7) is 1.01. The summed E-state index contributed by atoms with van der Waals surface area (Å²) < 4.78 is 5.49. The summed E-state index contributed by atoms with van der Waals surface area (Å²) in [5.74, 6) is 0.574. The number of para-hydroxylation sites is 1. The van der Waals surface area contributed by atoms with Crippen LogP contribution in [0.2, 0.25) is 0 Å². The van der Waals surface area contributed by atoms with E-state index in [-0.39, 0.29) is 6.42 Å². The molecule has 1 rings (SSSR count). The highest BCUT2D eigenvalue weighted by molar-refractivity contribution is 5.81. The molecule has 0 aliphatic rings. The minimum Gasteiger partial charge on any atom is -0.486 e. The first-order chi connectivity index (χ1) is 10.2. The summed E-state index contributed by atoms with van der Waals surface area (Å²) >= 11 is 0. The Morgan fingerprint density at radius 2 is 1.76 bits per heavy atom. The largest absolute Gasteiger partial charge is 0.486 e. The monoisotopic (exact) mass is 292 g/mol. The first-order valence-corrected chi connectivity index (χ1v) is 7.37. The van der Waals surface area contributed by atoms with Gasteiger partial charge < -0.3 is 15.6 Å². The molecule has 5 heteroatoms. The molecule has 0 atom stereocenters. The topological polar surface area (TPSA) is 84.9 Å². The van der Waals surface area contributed by atoms with E-state index in [2.05, 4.69) is 4.99 Å². The van der Waals surface area contributed by atoms with Gasteiger partial charge in [0.25, 0.3) is 0 Å². The van der Waals surface area contributed by atoms with Crippen LogP contribution in [0.1, 0.15) is 38.5 Å². The molecule has 0 aliphatic carbocycles. The molecule has 0 saturated heterocycles. The number of rotatable bonds is 11. The number of aliphatic carboxylic acids is 1. The van der Waals surface area contributed by atoms with Crippen LogP contribution >= 0.6 is 0 Å². The average Bonchev–Trinajstić information content (AvgIpc) is 2.48. The minimum atomic E-state index is -0.717. The highest BCUT2D eigenvalue weighted by atomic mass is 16.5. The van der Waals surface area contributed by atoms with Crippen molar-refractivity contribution in [3.05, 3.63) is 30.3 Å². The lowest BCUT2D eigenvalue weighted by Gasteiger charge is -2.05. The Kier molecular flexibility index (Phi) is 8.68. The van der Waals surface area contributed by atoms with E-state index in [1.807, 2.05) is 30.3 Å². The maximum absolute atomic E-state index is 10.3. The normalized spacial score (nSPS) is 11.3. The summed E-state index contributed by atoms with van der Waals surface area (Å²) in [4.78, 5) is 14.6. The van der Waals surface area contributed by atoms with Crippen LogP contribution in [0.3, 0.4) is 0 Å². The van der Waals surface area contributed by atoms with E-state index in [0.29, 0.717) is 19.0 Å². The second kappa shape index (κ2) is 10.7. The zero-order valence-corrected chi connectivity index (χ0v) is 12.3. The maximum atomic E-state index is 10.3. The van der Waals surface area contributed by atoms with Crippen LogP contribution in [0.25, 0.3) is 0 Å². The number of nitrogens with zero attached hydrogens (tertiary/aromatic N) is 1. The Hall–Kier alpha value is -2.04. The molecule has 0 radical (unpaired) electrons. The van der Waals surface area contributed by atoms with Gasteiger partial charge in [-0.15, -0.1) is 0 Å². The van der Waals surface area contributed by atoms with Gasteiger partial charge in [0, 0.05) is 13.0 Å². The molecule has 1 aromatic carbocycles. The molecule has 0 aromatic heterocycles. The van der Waals surface area contributed by atoms with Gasteiger partial charge in [-0.05, 0) is 25.0 Å². The zero-order chi connectivity index (χ0) is 15.3. The number of hydrogen-bond donors (Lipinski definition) is 2. The van der Waals surface area contributed by atoms with E-state index in [9.17, 15) is 4.79 Å². The summed E-state index contributed by atoms with van der Waals surface area (Å²) in [5, 5.41) is 8.50. The van der Waals surface area contributed by atoms with Gasteiger partial charge in [-0.25, -0.2) is 0 Å². The molecule has 0 fully saturated rings. The Morgan fingerprint density at radius 1 is 1.10 bits per heavy atom. The quantitative estimate of drug-likeness (QED) is 0.373. The summed E-state index contributed by atoms with van der Waals surface area (Å²) in [6.07, 6.45) is 5.05. The van der Waals surface area contributed by atoms with E-state index >= 15 is 0 Å². The van der Waals surface area contributed by atoms with Gasteiger partial charge in [-0.1, -0.05) is 37.5 Å². The number of benzene rings is 1. The molecule has 0 heterocycles. The molecule has 21 heavy (non-hydrogen) atoms. The summed E-state index contributed by atoms with van der Waals surface area (Å²) in [5.41, 5.74) is 5.78. The van der Waals surface area contributed by atoms with Crippen LogP contribution in [0, 0.1) is 0 Å². The Bertz CT molecular complexity index is 432. The molecule has 116 valence electrons. The second-order valence-corrected chi connectivity index (χ2v) is 4.89. The number of carboxylic acids is 1. The van der Waals surface area contributed by atoms with E-state index < -0.39 is 5.97 Å². The van der Waals surface area contributed by atoms with Crippen LogP contribution in [-0.4, -0.2) is 30.1 Å². The van der Waals surface area contributed by atoms with Crippen LogP contribution in [0.5, 0.6) is 5.75 Å². The van der Waals surface area contributed by atoms with Gasteiger partial charge in [0.15, 0.2) is 0 Å². The highest BCUT2D eigenvalue weighted by Gasteiger charge is 1.97. The molecular weight excluding hydrogens is 268 g/mol. The fraction of sp³-hybridized carbons (Fsp3) is 0.500. The Labute approximate surface area is 125 Å². The molecule has 0 aliphatic heterocycles. The molecule has 0 bridgehead atoms. The van der Waals surface area contributed by atoms with Crippen molar-refractivity contribution >= 4 is 11.8 Å². The molecule has 0 spiro atoms. The van der Waals surface area contributed by atoms with Crippen LogP contribution < -0.4 is 10.5 Å². The third-order valence-corrected chi connectivity index (χ3v) is 2.99. The van der Waals surface area contributed by atoms with Gasteiger partial charge in [0.1, 0.15) is 18.2 Å². The number of amidine groups is 1. The molecule has 5 nitrogen and oxygen atoms in total. The minimum absolute atomic E-state index is 0.266. The summed E-state index contributed by atoms with van der Waals surface area (Å²) in [6, 6.07) is 9.51. The predicted molar refractivity (Wildman–Crippen MR) is 83.8 cm³/mol. The molecule has 1 aromatic rings. The lowest BCUT2D eigenvalue weighted by atomic mass is 10.1. The van der Waals surface area contributed by atoms with Gasteiger partial charge in [0.05, 0.1) is 0 Å². The van der Waals surface area contributed by atoms with Gasteiger partial charge in [-0.2, -0.15) is 0 Å². The maximum Gasteiger partial charge on any atom is 0.303 e. The first-order valence-electron chi connectivity index (χ1n) is 7.37. The van der Waals surface area contributed by atoms with Crippen molar-refractivity contribution in [2.24, 2.45) is 10.7 Å². The van der Waals surface area contributed by atoms with E-state index in [0.717, 1.165) is 37.9 Å². The molecule has 3 N–H and O–H groups in total. The highest BCUT2D eigenvalue weighted by Crippen LogP contribution is 2.08. The van der Waals surface area contributed by atoms with E-state index in [4.69, 9.17) is 15.6 Å². The van der Waals surface area contributed by atoms with Crippen molar-refractivity contribution in [3.8, 4) is 5.75 Å². The lowest BCUT2D eigenvalue weighted by Crippen LogP contribution is -2.21. The van der Waals surface area contributed by atoms with Crippen LogP contribution in [0.4, 0.5) is 0 Å². The van der Waals surface area contributed by atoms with Crippen molar-refractivity contribution < 1.29 is 14.6 Å². The molecule has 0 saturated carbocycles. The SMILES string of the molecule is NC(COc1ccccc1)=NCCCCCCCC(=O)O. The van der Waals surface area contributed by atoms with Gasteiger partial charge in [-0.3, -0.25) is 9.79 Å². The number of hydrogen-bond acceptors (Lipinski definition) is 3. The third-order valence-electron chi connectivity index (χ3n) is 2.99. The average molecular weight is 292 g/mol. The lowest BCUT2D eigenvalue weighted by molar-refractivity contribution is -0.137. The standard InChI is InChI=1S/C16H24N2O3/c17-15(13-21-14-9-5-4-6-10-14)18-12-8-3-1-2-7-11-16(19)20/h4-6,9-10H,1-3,7-8,11-13H2,(H2,17,18)(H,19,20). The zero-order valence-electron chi connectivity index (χ0n) is 12.3. The fourth-order valence-electron chi connectivity index (χ4n) is 1.86. The number of carbonyl (C=O) groups is 1. The smallest absolute Gasteiger partial charge is 0.303 e. The van der Waals surface area contributed by atoms with Crippen molar-refractivity contribution in [1.29, 1.82) is 0 Å².